The highest BCUT2D eigenvalue weighted by Gasteiger charge is 2.16. The van der Waals surface area contributed by atoms with Crippen LogP contribution in [0.4, 0.5) is 0 Å². The van der Waals surface area contributed by atoms with Crippen molar-refractivity contribution in [2.75, 3.05) is 14.2 Å². The van der Waals surface area contributed by atoms with Gasteiger partial charge in [0.05, 0.1) is 19.8 Å². The van der Waals surface area contributed by atoms with E-state index < -0.39 is 5.97 Å². The zero-order chi connectivity index (χ0) is 14.0. The van der Waals surface area contributed by atoms with Gasteiger partial charge >= 0.3 is 5.97 Å². The van der Waals surface area contributed by atoms with E-state index in [0.29, 0.717) is 22.9 Å². The van der Waals surface area contributed by atoms with Crippen molar-refractivity contribution in [2.24, 2.45) is 7.05 Å². The Balaban J connectivity index is 2.59. The van der Waals surface area contributed by atoms with Crippen molar-refractivity contribution in [3.05, 3.63) is 30.1 Å². The fourth-order valence-electron chi connectivity index (χ4n) is 1.81. The SMILES string of the molecule is COc1ccc(OC)c(-c2nc(C(=O)O)cn2C)c1. The summed E-state index contributed by atoms with van der Waals surface area (Å²) in [5.41, 5.74) is 0.666. The van der Waals surface area contributed by atoms with Gasteiger partial charge in [-0.25, -0.2) is 9.78 Å². The fraction of sp³-hybridized carbons (Fsp3) is 0.231. The molecule has 0 unspecified atom stereocenters. The lowest BCUT2D eigenvalue weighted by Crippen LogP contribution is -1.96. The third kappa shape index (κ3) is 2.37. The van der Waals surface area contributed by atoms with E-state index in [9.17, 15) is 4.79 Å². The summed E-state index contributed by atoms with van der Waals surface area (Å²) in [6.07, 6.45) is 1.45. The van der Waals surface area contributed by atoms with Crippen LogP contribution in [0.5, 0.6) is 11.5 Å². The van der Waals surface area contributed by atoms with Crippen molar-refractivity contribution in [3.8, 4) is 22.9 Å². The summed E-state index contributed by atoms with van der Waals surface area (Å²) >= 11 is 0. The first kappa shape index (κ1) is 12.9. The van der Waals surface area contributed by atoms with Gasteiger partial charge in [-0.2, -0.15) is 0 Å². The third-order valence-corrected chi connectivity index (χ3v) is 2.74. The van der Waals surface area contributed by atoms with Gasteiger partial charge in [0.1, 0.15) is 17.3 Å². The average molecular weight is 262 g/mol. The molecule has 6 heteroatoms. The second-order valence-electron chi connectivity index (χ2n) is 3.93. The van der Waals surface area contributed by atoms with Crippen molar-refractivity contribution in [2.45, 2.75) is 0 Å². The summed E-state index contributed by atoms with van der Waals surface area (Å²) in [6, 6.07) is 5.28. The zero-order valence-electron chi connectivity index (χ0n) is 10.9. The molecule has 1 aromatic carbocycles. The number of carbonyl (C=O) groups is 1. The lowest BCUT2D eigenvalue weighted by molar-refractivity contribution is 0.0691. The number of aromatic carboxylic acids is 1. The first-order valence-electron chi connectivity index (χ1n) is 5.56. The molecule has 0 bridgehead atoms. The van der Waals surface area contributed by atoms with E-state index in [0.717, 1.165) is 0 Å². The Hall–Kier alpha value is -2.50. The second kappa shape index (κ2) is 5.01. The number of carboxylic acids is 1. The largest absolute Gasteiger partial charge is 0.497 e. The van der Waals surface area contributed by atoms with Crippen molar-refractivity contribution >= 4 is 5.97 Å². The van der Waals surface area contributed by atoms with Crippen molar-refractivity contribution in [1.82, 2.24) is 9.55 Å². The monoisotopic (exact) mass is 262 g/mol. The summed E-state index contributed by atoms with van der Waals surface area (Å²) in [6.45, 7) is 0. The number of methoxy groups -OCH3 is 2. The van der Waals surface area contributed by atoms with Gasteiger partial charge in [-0.05, 0) is 18.2 Å². The summed E-state index contributed by atoms with van der Waals surface area (Å²) in [4.78, 5) is 15.0. The predicted octanol–water partition coefficient (Wildman–Crippen LogP) is 1.80. The van der Waals surface area contributed by atoms with E-state index >= 15 is 0 Å². The number of aryl methyl sites for hydroxylation is 1. The molecule has 1 N–H and O–H groups in total. The first-order chi connectivity index (χ1) is 9.06. The van der Waals surface area contributed by atoms with Crippen LogP contribution in [0.1, 0.15) is 10.5 Å². The van der Waals surface area contributed by atoms with E-state index in [1.807, 2.05) is 0 Å². The molecule has 2 rings (SSSR count). The Morgan fingerprint density at radius 1 is 1.32 bits per heavy atom. The quantitative estimate of drug-likeness (QED) is 0.909. The highest BCUT2D eigenvalue weighted by atomic mass is 16.5. The minimum Gasteiger partial charge on any atom is -0.497 e. The van der Waals surface area contributed by atoms with Gasteiger partial charge in [0.15, 0.2) is 5.69 Å². The molecule has 0 aliphatic heterocycles. The highest BCUT2D eigenvalue weighted by Crippen LogP contribution is 2.32. The topological polar surface area (TPSA) is 73.6 Å². The fourth-order valence-corrected chi connectivity index (χ4v) is 1.81. The molecule has 0 atom stereocenters. The van der Waals surface area contributed by atoms with Gasteiger partial charge in [0, 0.05) is 13.2 Å². The second-order valence-corrected chi connectivity index (χ2v) is 3.93. The van der Waals surface area contributed by atoms with E-state index in [1.165, 1.54) is 6.20 Å². The van der Waals surface area contributed by atoms with Gasteiger partial charge in [0.2, 0.25) is 0 Å². The molecular weight excluding hydrogens is 248 g/mol. The Bertz CT molecular complexity index is 619. The van der Waals surface area contributed by atoms with E-state index in [4.69, 9.17) is 14.6 Å². The Labute approximate surface area is 110 Å². The van der Waals surface area contributed by atoms with Crippen LogP contribution in [0.2, 0.25) is 0 Å². The molecule has 0 amide bonds. The molecule has 0 aliphatic rings. The Morgan fingerprint density at radius 2 is 2.05 bits per heavy atom. The predicted molar refractivity (Wildman–Crippen MR) is 68.7 cm³/mol. The van der Waals surface area contributed by atoms with Gasteiger partial charge in [0.25, 0.3) is 0 Å². The molecule has 0 spiro atoms. The van der Waals surface area contributed by atoms with Gasteiger partial charge in [-0.1, -0.05) is 0 Å². The number of aromatic nitrogens is 2. The number of hydrogen-bond donors (Lipinski definition) is 1. The normalized spacial score (nSPS) is 10.3. The Kier molecular flexibility index (Phi) is 3.41. The standard InChI is InChI=1S/C13H14N2O4/c1-15-7-10(13(16)17)14-12(15)9-6-8(18-2)4-5-11(9)19-3/h4-7H,1-3H3,(H,16,17). The number of nitrogens with zero attached hydrogens (tertiary/aromatic N) is 2. The molecule has 6 nitrogen and oxygen atoms in total. The average Bonchev–Trinajstić information content (AvgIpc) is 2.80. The van der Waals surface area contributed by atoms with E-state index in [-0.39, 0.29) is 5.69 Å². The maximum atomic E-state index is 10.9. The Morgan fingerprint density at radius 3 is 2.58 bits per heavy atom. The van der Waals surface area contributed by atoms with Crippen molar-refractivity contribution in [3.63, 3.8) is 0 Å². The van der Waals surface area contributed by atoms with Crippen LogP contribution < -0.4 is 9.47 Å². The molecule has 0 radical (unpaired) electrons. The summed E-state index contributed by atoms with van der Waals surface area (Å²) < 4.78 is 12.1. The molecular formula is C13H14N2O4. The molecule has 1 heterocycles. The van der Waals surface area contributed by atoms with E-state index in [1.54, 1.807) is 44.0 Å². The number of hydrogen-bond acceptors (Lipinski definition) is 4. The molecule has 0 saturated heterocycles. The van der Waals surface area contributed by atoms with Crippen LogP contribution in [0.25, 0.3) is 11.4 Å². The maximum Gasteiger partial charge on any atom is 0.356 e. The van der Waals surface area contributed by atoms with Crippen LogP contribution in [-0.2, 0) is 7.05 Å². The van der Waals surface area contributed by atoms with Crippen LogP contribution in [0, 0.1) is 0 Å². The smallest absolute Gasteiger partial charge is 0.356 e. The molecule has 2 aromatic rings. The van der Waals surface area contributed by atoms with Gasteiger partial charge < -0.3 is 19.1 Å². The highest BCUT2D eigenvalue weighted by molar-refractivity contribution is 5.86. The molecule has 0 aliphatic carbocycles. The van der Waals surface area contributed by atoms with E-state index in [2.05, 4.69) is 4.98 Å². The van der Waals surface area contributed by atoms with Crippen LogP contribution in [0.15, 0.2) is 24.4 Å². The van der Waals surface area contributed by atoms with Crippen LogP contribution in [-0.4, -0.2) is 34.8 Å². The summed E-state index contributed by atoms with van der Waals surface area (Å²) in [5, 5.41) is 8.96. The minimum atomic E-state index is -1.07. The van der Waals surface area contributed by atoms with Crippen molar-refractivity contribution in [1.29, 1.82) is 0 Å². The van der Waals surface area contributed by atoms with Crippen LogP contribution in [0.3, 0.4) is 0 Å². The zero-order valence-corrected chi connectivity index (χ0v) is 10.9. The summed E-state index contributed by atoms with van der Waals surface area (Å²) in [5.74, 6) is 0.693. The molecule has 0 saturated carbocycles. The van der Waals surface area contributed by atoms with Gasteiger partial charge in [-0.3, -0.25) is 0 Å². The lowest BCUT2D eigenvalue weighted by atomic mass is 10.1. The molecule has 0 fully saturated rings. The molecule has 1 aromatic heterocycles. The summed E-state index contributed by atoms with van der Waals surface area (Å²) in [7, 11) is 4.84. The molecule has 19 heavy (non-hydrogen) atoms. The number of rotatable bonds is 4. The number of ether oxygens (including phenoxy) is 2. The van der Waals surface area contributed by atoms with Gasteiger partial charge in [-0.15, -0.1) is 0 Å². The minimum absolute atomic E-state index is 0.0117. The molecule has 100 valence electrons. The first-order valence-corrected chi connectivity index (χ1v) is 5.56. The van der Waals surface area contributed by atoms with Crippen molar-refractivity contribution < 1.29 is 19.4 Å². The van der Waals surface area contributed by atoms with Crippen LogP contribution >= 0.6 is 0 Å². The maximum absolute atomic E-state index is 10.9. The number of benzene rings is 1. The number of carboxylic acid groups (broad SMARTS) is 1. The lowest BCUT2D eigenvalue weighted by Gasteiger charge is -2.10. The third-order valence-electron chi connectivity index (χ3n) is 2.74. The number of imidazole rings is 1.